The zero-order chi connectivity index (χ0) is 15.6. The number of carboxylic acids is 1. The average molecular weight is 296 g/mol. The van der Waals surface area contributed by atoms with Crippen LogP contribution in [0.15, 0.2) is 0 Å². The van der Waals surface area contributed by atoms with Crippen LogP contribution in [0.3, 0.4) is 0 Å². The van der Waals surface area contributed by atoms with Gasteiger partial charge in [0, 0.05) is 12.0 Å². The van der Waals surface area contributed by atoms with Crippen molar-refractivity contribution in [1.82, 2.24) is 5.32 Å². The summed E-state index contributed by atoms with van der Waals surface area (Å²) in [6, 6.07) is 0.0402. The van der Waals surface area contributed by atoms with Crippen LogP contribution in [0.1, 0.15) is 45.4 Å². The van der Waals surface area contributed by atoms with Gasteiger partial charge in [0.05, 0.1) is 11.8 Å². The SMILES string of the molecule is CC1C[C@H](C(=O)NC2CCC(C(N)=O)CC2)[C@H](C(=O)O)C1. The summed E-state index contributed by atoms with van der Waals surface area (Å²) in [5, 5.41) is 12.2. The molecule has 2 saturated carbocycles. The van der Waals surface area contributed by atoms with E-state index in [4.69, 9.17) is 5.73 Å². The van der Waals surface area contributed by atoms with Gasteiger partial charge in [0.2, 0.25) is 11.8 Å². The first-order valence-electron chi connectivity index (χ1n) is 7.71. The van der Waals surface area contributed by atoms with Crippen LogP contribution in [0.2, 0.25) is 0 Å². The van der Waals surface area contributed by atoms with E-state index in [-0.39, 0.29) is 29.7 Å². The van der Waals surface area contributed by atoms with Gasteiger partial charge in [-0.1, -0.05) is 6.92 Å². The molecule has 6 nitrogen and oxygen atoms in total. The normalized spacial score (nSPS) is 36.1. The molecule has 3 atom stereocenters. The minimum Gasteiger partial charge on any atom is -0.481 e. The Labute approximate surface area is 124 Å². The molecule has 0 aliphatic heterocycles. The second-order valence-electron chi connectivity index (χ2n) is 6.59. The number of primary amides is 1. The number of hydrogen-bond acceptors (Lipinski definition) is 3. The summed E-state index contributed by atoms with van der Waals surface area (Å²) in [5.74, 6) is -2.10. The molecule has 6 heteroatoms. The van der Waals surface area contributed by atoms with E-state index in [2.05, 4.69) is 5.32 Å². The van der Waals surface area contributed by atoms with Crippen LogP contribution in [0, 0.1) is 23.7 Å². The molecule has 4 N–H and O–H groups in total. The fourth-order valence-electron chi connectivity index (χ4n) is 3.68. The minimum atomic E-state index is -0.878. The lowest BCUT2D eigenvalue weighted by molar-refractivity contribution is -0.146. The number of nitrogens with two attached hydrogens (primary N) is 1. The van der Waals surface area contributed by atoms with Gasteiger partial charge in [0.25, 0.3) is 0 Å². The number of amides is 2. The number of carbonyl (C=O) groups excluding carboxylic acids is 2. The third-order valence-corrected chi connectivity index (χ3v) is 4.93. The lowest BCUT2D eigenvalue weighted by Crippen LogP contribution is -2.43. The van der Waals surface area contributed by atoms with E-state index in [0.717, 1.165) is 12.8 Å². The first kappa shape index (κ1) is 15.8. The largest absolute Gasteiger partial charge is 0.481 e. The number of hydrogen-bond donors (Lipinski definition) is 3. The highest BCUT2D eigenvalue weighted by molar-refractivity contribution is 5.85. The number of carbonyl (C=O) groups is 3. The smallest absolute Gasteiger partial charge is 0.307 e. The van der Waals surface area contributed by atoms with E-state index in [1.165, 1.54) is 0 Å². The summed E-state index contributed by atoms with van der Waals surface area (Å²) in [5.41, 5.74) is 5.29. The Kier molecular flexibility index (Phi) is 4.85. The average Bonchev–Trinajstić information content (AvgIpc) is 2.82. The van der Waals surface area contributed by atoms with Crippen LogP contribution in [0.25, 0.3) is 0 Å². The molecular weight excluding hydrogens is 272 g/mol. The van der Waals surface area contributed by atoms with Gasteiger partial charge < -0.3 is 16.2 Å². The molecule has 0 saturated heterocycles. The summed E-state index contributed by atoms with van der Waals surface area (Å²) in [4.78, 5) is 34.7. The van der Waals surface area contributed by atoms with Crippen LogP contribution in [-0.4, -0.2) is 28.9 Å². The van der Waals surface area contributed by atoms with E-state index in [0.29, 0.717) is 25.7 Å². The Balaban J connectivity index is 1.87. The third-order valence-electron chi connectivity index (χ3n) is 4.93. The highest BCUT2D eigenvalue weighted by Gasteiger charge is 2.41. The van der Waals surface area contributed by atoms with Gasteiger partial charge in [-0.05, 0) is 44.4 Å². The van der Waals surface area contributed by atoms with Gasteiger partial charge in [0.15, 0.2) is 0 Å². The number of rotatable bonds is 4. The number of nitrogens with one attached hydrogen (secondary N) is 1. The van der Waals surface area contributed by atoms with Gasteiger partial charge in [-0.15, -0.1) is 0 Å². The summed E-state index contributed by atoms with van der Waals surface area (Å²) in [6.07, 6.45) is 4.08. The van der Waals surface area contributed by atoms with Crippen LogP contribution in [0.5, 0.6) is 0 Å². The Hall–Kier alpha value is -1.59. The second-order valence-corrected chi connectivity index (χ2v) is 6.59. The molecule has 21 heavy (non-hydrogen) atoms. The molecule has 0 radical (unpaired) electrons. The first-order chi connectivity index (χ1) is 9.88. The van der Waals surface area contributed by atoms with Gasteiger partial charge in [0.1, 0.15) is 0 Å². The zero-order valence-electron chi connectivity index (χ0n) is 12.4. The number of carboxylic acid groups (broad SMARTS) is 1. The molecule has 0 aromatic rings. The Bertz CT molecular complexity index is 429. The van der Waals surface area contributed by atoms with Gasteiger partial charge >= 0.3 is 5.97 Å². The van der Waals surface area contributed by atoms with Crippen molar-refractivity contribution in [2.75, 3.05) is 0 Å². The van der Waals surface area contributed by atoms with Crippen LogP contribution in [0.4, 0.5) is 0 Å². The molecule has 2 amide bonds. The molecule has 2 aliphatic rings. The fourth-order valence-corrected chi connectivity index (χ4v) is 3.68. The molecule has 0 bridgehead atoms. The van der Waals surface area contributed by atoms with E-state index < -0.39 is 17.8 Å². The zero-order valence-corrected chi connectivity index (χ0v) is 12.4. The molecule has 1 unspecified atom stereocenters. The summed E-state index contributed by atoms with van der Waals surface area (Å²) < 4.78 is 0. The third kappa shape index (κ3) is 3.74. The van der Waals surface area contributed by atoms with Crippen LogP contribution < -0.4 is 11.1 Å². The summed E-state index contributed by atoms with van der Waals surface area (Å²) in [6.45, 7) is 1.99. The maximum Gasteiger partial charge on any atom is 0.307 e. The second kappa shape index (κ2) is 6.45. The Morgan fingerprint density at radius 3 is 2.14 bits per heavy atom. The predicted molar refractivity (Wildman–Crippen MR) is 76.1 cm³/mol. The van der Waals surface area contributed by atoms with Crippen molar-refractivity contribution in [3.8, 4) is 0 Å². The predicted octanol–water partition coefficient (Wildman–Crippen LogP) is 0.894. The van der Waals surface area contributed by atoms with Crippen molar-refractivity contribution >= 4 is 17.8 Å². The van der Waals surface area contributed by atoms with Crippen LogP contribution >= 0.6 is 0 Å². The van der Waals surface area contributed by atoms with E-state index >= 15 is 0 Å². The van der Waals surface area contributed by atoms with Crippen molar-refractivity contribution in [3.63, 3.8) is 0 Å². The topological polar surface area (TPSA) is 109 Å². The summed E-state index contributed by atoms with van der Waals surface area (Å²) in [7, 11) is 0. The lowest BCUT2D eigenvalue weighted by Gasteiger charge is -2.28. The van der Waals surface area contributed by atoms with Crippen molar-refractivity contribution in [1.29, 1.82) is 0 Å². The van der Waals surface area contributed by atoms with Crippen molar-refractivity contribution in [2.45, 2.75) is 51.5 Å². The molecule has 0 heterocycles. The molecule has 2 aliphatic carbocycles. The van der Waals surface area contributed by atoms with Crippen molar-refractivity contribution in [3.05, 3.63) is 0 Å². The van der Waals surface area contributed by atoms with E-state index in [9.17, 15) is 19.5 Å². The molecular formula is C15H24N2O4. The fraction of sp³-hybridized carbons (Fsp3) is 0.800. The van der Waals surface area contributed by atoms with E-state index in [1.807, 2.05) is 6.92 Å². The highest BCUT2D eigenvalue weighted by Crippen LogP contribution is 2.37. The standard InChI is InChI=1S/C15H24N2O4/c1-8-6-11(12(7-8)15(20)21)14(19)17-10-4-2-9(3-5-10)13(16)18/h8-12H,2-7H2,1H3,(H2,16,18)(H,17,19)(H,20,21)/t8?,9?,10?,11-,12+/m0/s1. The minimum absolute atomic E-state index is 0.0402. The molecule has 0 spiro atoms. The molecule has 2 rings (SSSR count). The number of aliphatic carboxylic acids is 1. The molecule has 2 fully saturated rings. The quantitative estimate of drug-likeness (QED) is 0.715. The maximum absolute atomic E-state index is 12.3. The maximum atomic E-state index is 12.3. The van der Waals surface area contributed by atoms with Crippen LogP contribution in [-0.2, 0) is 14.4 Å². The highest BCUT2D eigenvalue weighted by atomic mass is 16.4. The van der Waals surface area contributed by atoms with Gasteiger partial charge in [-0.2, -0.15) is 0 Å². The van der Waals surface area contributed by atoms with E-state index in [1.54, 1.807) is 0 Å². The molecule has 0 aromatic heterocycles. The van der Waals surface area contributed by atoms with Crippen molar-refractivity contribution < 1.29 is 19.5 Å². The molecule has 118 valence electrons. The Morgan fingerprint density at radius 2 is 1.62 bits per heavy atom. The van der Waals surface area contributed by atoms with Gasteiger partial charge in [-0.3, -0.25) is 14.4 Å². The Morgan fingerprint density at radius 1 is 1.05 bits per heavy atom. The molecule has 0 aromatic carbocycles. The first-order valence-corrected chi connectivity index (χ1v) is 7.71. The summed E-state index contributed by atoms with van der Waals surface area (Å²) >= 11 is 0. The monoisotopic (exact) mass is 296 g/mol. The lowest BCUT2D eigenvalue weighted by atomic mass is 9.85. The van der Waals surface area contributed by atoms with Gasteiger partial charge in [-0.25, -0.2) is 0 Å². The van der Waals surface area contributed by atoms with Crippen molar-refractivity contribution in [2.24, 2.45) is 29.4 Å².